The van der Waals surface area contributed by atoms with Crippen LogP contribution < -0.4 is 10.1 Å². The summed E-state index contributed by atoms with van der Waals surface area (Å²) in [6.07, 6.45) is 8.60. The minimum atomic E-state index is -0.229. The summed E-state index contributed by atoms with van der Waals surface area (Å²) in [7, 11) is 1.68. The fourth-order valence-corrected chi connectivity index (χ4v) is 4.52. The average molecular weight is 459 g/mol. The molecule has 0 atom stereocenters. The van der Waals surface area contributed by atoms with Crippen molar-refractivity contribution >= 4 is 5.69 Å². The fourth-order valence-electron chi connectivity index (χ4n) is 4.52. The molecule has 0 aliphatic heterocycles. The molecule has 1 aromatic heterocycles. The molecule has 0 radical (unpaired) electrons. The molecular weight excluding hydrogens is 423 g/mol. The number of aryl methyl sites for hydroxylation is 2. The van der Waals surface area contributed by atoms with Crippen molar-refractivity contribution in [3.05, 3.63) is 76.9 Å². The number of methoxy groups -OCH3 is 1. The van der Waals surface area contributed by atoms with Gasteiger partial charge in [-0.3, -0.25) is 4.98 Å². The van der Waals surface area contributed by atoms with Crippen LogP contribution in [0.2, 0.25) is 0 Å². The molecule has 0 unspecified atom stereocenters. The summed E-state index contributed by atoms with van der Waals surface area (Å²) in [6.45, 7) is 9.24. The molecule has 1 saturated carbocycles. The lowest BCUT2D eigenvalue weighted by Gasteiger charge is -2.19. The van der Waals surface area contributed by atoms with E-state index in [1.54, 1.807) is 13.2 Å². The normalized spacial score (nSPS) is 13.0. The molecule has 3 aromatic rings. The number of anilines is 1. The molecule has 0 saturated heterocycles. The first-order valence-corrected chi connectivity index (χ1v) is 12.2. The molecule has 1 aliphatic rings. The summed E-state index contributed by atoms with van der Waals surface area (Å²) in [5.74, 6) is 1.23. The van der Waals surface area contributed by atoms with Gasteiger partial charge in [-0.2, -0.15) is 0 Å². The van der Waals surface area contributed by atoms with Gasteiger partial charge in [0, 0.05) is 29.6 Å². The molecule has 3 nitrogen and oxygen atoms in total. The number of rotatable bonds is 9. The minimum absolute atomic E-state index is 0.229. The summed E-state index contributed by atoms with van der Waals surface area (Å²) in [4.78, 5) is 4.70. The third-order valence-electron chi connectivity index (χ3n) is 6.54. The second kappa shape index (κ2) is 10.4. The number of hydrogen-bond donors (Lipinski definition) is 1. The van der Waals surface area contributed by atoms with Gasteiger partial charge in [0.2, 0.25) is 0 Å². The Labute approximate surface area is 203 Å². The first-order valence-electron chi connectivity index (χ1n) is 12.2. The van der Waals surface area contributed by atoms with E-state index in [1.165, 1.54) is 18.4 Å². The van der Waals surface area contributed by atoms with Crippen LogP contribution in [0.25, 0.3) is 22.3 Å². The maximum Gasteiger partial charge on any atom is 0.146 e. The number of aromatic nitrogens is 1. The predicted octanol–water partition coefficient (Wildman–Crippen LogP) is 7.90. The van der Waals surface area contributed by atoms with Crippen LogP contribution in [0.5, 0.6) is 5.75 Å². The molecule has 1 heterocycles. The number of ether oxygens (including phenoxy) is 1. The molecule has 0 bridgehead atoms. The molecule has 4 heteroatoms. The first-order chi connectivity index (χ1) is 16.4. The van der Waals surface area contributed by atoms with Gasteiger partial charge in [-0.05, 0) is 106 Å². The van der Waals surface area contributed by atoms with Crippen molar-refractivity contribution in [3.63, 3.8) is 0 Å². The molecule has 2 aromatic carbocycles. The maximum absolute atomic E-state index is 14.8. The van der Waals surface area contributed by atoms with E-state index in [1.807, 2.05) is 18.3 Å². The highest BCUT2D eigenvalue weighted by atomic mass is 19.1. The molecule has 178 valence electrons. The Hall–Kier alpha value is -3.14. The van der Waals surface area contributed by atoms with Crippen LogP contribution in [-0.2, 0) is 6.42 Å². The van der Waals surface area contributed by atoms with E-state index in [0.29, 0.717) is 11.6 Å². The molecule has 4 rings (SSSR count). The highest BCUT2D eigenvalue weighted by Gasteiger charge is 2.22. The van der Waals surface area contributed by atoms with Crippen LogP contribution in [0.1, 0.15) is 49.9 Å². The number of allylic oxidation sites excluding steroid dienone is 2. The Bertz CT molecular complexity index is 1190. The molecule has 1 N–H and O–H groups in total. The summed E-state index contributed by atoms with van der Waals surface area (Å²) in [5, 5.41) is 3.24. The maximum atomic E-state index is 14.8. The molecule has 1 aliphatic carbocycles. The third-order valence-corrected chi connectivity index (χ3v) is 6.54. The van der Waals surface area contributed by atoms with Gasteiger partial charge in [0.25, 0.3) is 0 Å². The van der Waals surface area contributed by atoms with Crippen LogP contribution in [0, 0.1) is 25.6 Å². The van der Waals surface area contributed by atoms with Crippen LogP contribution in [-0.4, -0.2) is 18.6 Å². The van der Waals surface area contributed by atoms with Crippen LogP contribution in [0.15, 0.2) is 54.2 Å². The zero-order valence-corrected chi connectivity index (χ0v) is 21.0. The zero-order chi connectivity index (χ0) is 24.2. The van der Waals surface area contributed by atoms with Gasteiger partial charge in [-0.1, -0.05) is 23.8 Å². The second-order valence-corrected chi connectivity index (χ2v) is 9.65. The van der Waals surface area contributed by atoms with E-state index in [0.717, 1.165) is 64.2 Å². The summed E-state index contributed by atoms with van der Waals surface area (Å²) in [6, 6.07) is 11.8. The lowest BCUT2D eigenvalue weighted by molar-refractivity contribution is 0.413. The Morgan fingerprint density at radius 2 is 1.88 bits per heavy atom. The summed E-state index contributed by atoms with van der Waals surface area (Å²) >= 11 is 0. The van der Waals surface area contributed by atoms with Gasteiger partial charge in [0.1, 0.15) is 11.6 Å². The minimum Gasteiger partial charge on any atom is -0.496 e. The van der Waals surface area contributed by atoms with Crippen LogP contribution >= 0.6 is 0 Å². The molecule has 1 fully saturated rings. The lowest BCUT2D eigenvalue weighted by Crippen LogP contribution is -2.05. The predicted molar refractivity (Wildman–Crippen MR) is 140 cm³/mol. The first kappa shape index (κ1) is 24.0. The Balaban J connectivity index is 1.62. The van der Waals surface area contributed by atoms with Crippen molar-refractivity contribution in [1.29, 1.82) is 0 Å². The average Bonchev–Trinajstić information content (AvgIpc) is 3.63. The van der Waals surface area contributed by atoms with Crippen molar-refractivity contribution in [2.75, 3.05) is 19.0 Å². The van der Waals surface area contributed by atoms with Crippen molar-refractivity contribution in [3.8, 4) is 28.0 Å². The van der Waals surface area contributed by atoms with E-state index in [4.69, 9.17) is 9.72 Å². The van der Waals surface area contributed by atoms with E-state index >= 15 is 0 Å². The van der Waals surface area contributed by atoms with Gasteiger partial charge in [0.05, 0.1) is 12.8 Å². The summed E-state index contributed by atoms with van der Waals surface area (Å²) in [5.41, 5.74) is 9.04. The van der Waals surface area contributed by atoms with Gasteiger partial charge < -0.3 is 10.1 Å². The zero-order valence-electron chi connectivity index (χ0n) is 21.0. The van der Waals surface area contributed by atoms with E-state index in [9.17, 15) is 4.39 Å². The Morgan fingerprint density at radius 3 is 2.50 bits per heavy atom. The fraction of sp³-hybridized carbons (Fsp3) is 0.367. The number of nitrogens with zero attached hydrogens (tertiary/aromatic N) is 1. The van der Waals surface area contributed by atoms with E-state index in [-0.39, 0.29) is 5.82 Å². The quantitative estimate of drug-likeness (QED) is 0.331. The highest BCUT2D eigenvalue weighted by molar-refractivity contribution is 5.82. The number of benzene rings is 2. The third kappa shape index (κ3) is 5.49. The van der Waals surface area contributed by atoms with Gasteiger partial charge >= 0.3 is 0 Å². The number of nitrogens with one attached hydrogen (secondary N) is 1. The van der Waals surface area contributed by atoms with Gasteiger partial charge in [-0.25, -0.2) is 4.39 Å². The van der Waals surface area contributed by atoms with Crippen molar-refractivity contribution in [2.45, 2.75) is 53.4 Å². The summed E-state index contributed by atoms with van der Waals surface area (Å²) < 4.78 is 20.7. The van der Waals surface area contributed by atoms with Crippen molar-refractivity contribution < 1.29 is 9.13 Å². The molecular formula is C30H35FN2O. The standard InChI is InChI=1S/C30H35FN2O/c1-19(2)7-6-8-25-13-11-24(18-32-25)29-20(3)15-26(30(34-5)21(29)4)23-12-14-28(27(31)16-23)33-17-22-9-10-22/h7,11-16,18,22,33H,6,8-10,17H2,1-5H3. The Morgan fingerprint density at radius 1 is 1.12 bits per heavy atom. The van der Waals surface area contributed by atoms with Crippen molar-refractivity contribution in [2.24, 2.45) is 5.92 Å². The van der Waals surface area contributed by atoms with Gasteiger partial charge in [0.15, 0.2) is 0 Å². The lowest BCUT2D eigenvalue weighted by atomic mass is 9.90. The number of pyridine rings is 1. The number of halogens is 1. The van der Waals surface area contributed by atoms with Crippen LogP contribution in [0.4, 0.5) is 10.1 Å². The number of hydrogen-bond acceptors (Lipinski definition) is 3. The van der Waals surface area contributed by atoms with E-state index < -0.39 is 0 Å². The topological polar surface area (TPSA) is 34.1 Å². The van der Waals surface area contributed by atoms with Crippen LogP contribution in [0.3, 0.4) is 0 Å². The SMILES string of the molecule is COc1c(-c2ccc(NCC3CC3)c(F)c2)cc(C)c(-c2ccc(CCC=C(C)C)nc2)c1C. The Kier molecular flexibility index (Phi) is 7.35. The molecule has 0 amide bonds. The smallest absolute Gasteiger partial charge is 0.146 e. The molecule has 34 heavy (non-hydrogen) atoms. The molecule has 0 spiro atoms. The van der Waals surface area contributed by atoms with E-state index in [2.05, 4.69) is 57.3 Å². The highest BCUT2D eigenvalue weighted by Crippen LogP contribution is 2.41. The van der Waals surface area contributed by atoms with Crippen molar-refractivity contribution in [1.82, 2.24) is 4.98 Å². The monoisotopic (exact) mass is 458 g/mol. The largest absolute Gasteiger partial charge is 0.496 e. The van der Waals surface area contributed by atoms with Gasteiger partial charge in [-0.15, -0.1) is 0 Å². The second-order valence-electron chi connectivity index (χ2n) is 9.65.